The van der Waals surface area contributed by atoms with Crippen molar-refractivity contribution in [1.82, 2.24) is 0 Å². The number of carbonyl (C=O) groups is 2. The van der Waals surface area contributed by atoms with Gasteiger partial charge in [0.1, 0.15) is 0 Å². The van der Waals surface area contributed by atoms with Gasteiger partial charge in [-0.15, -0.1) is 0 Å². The Morgan fingerprint density at radius 2 is 1.50 bits per heavy atom. The third-order valence-corrected chi connectivity index (χ3v) is 2.65. The molecule has 4 heteroatoms. The van der Waals surface area contributed by atoms with Crippen LogP contribution in [0.5, 0.6) is 0 Å². The number of rotatable bonds is 4. The van der Waals surface area contributed by atoms with Gasteiger partial charge in [-0.05, 0) is 0 Å². The van der Waals surface area contributed by atoms with Crippen LogP contribution in [0.3, 0.4) is 0 Å². The molecule has 0 aromatic rings. The summed E-state index contributed by atoms with van der Waals surface area (Å²) in [6.45, 7) is 3.27. The molecule has 0 spiro atoms. The molecule has 0 heterocycles. The average molecular weight is 162 g/mol. The summed E-state index contributed by atoms with van der Waals surface area (Å²) in [5.74, 6) is 0. The molecule has 0 unspecified atom stereocenters. The lowest BCUT2D eigenvalue weighted by Crippen LogP contribution is -2.01. The first-order valence-corrected chi connectivity index (χ1v) is 4.47. The van der Waals surface area contributed by atoms with E-state index in [9.17, 15) is 9.59 Å². The van der Waals surface area contributed by atoms with E-state index < -0.39 is 8.15 Å². The van der Waals surface area contributed by atoms with Crippen molar-refractivity contribution in [3.8, 4) is 0 Å². The van der Waals surface area contributed by atoms with E-state index in [0.717, 1.165) is 0 Å². The zero-order chi connectivity index (χ0) is 8.15. The minimum atomic E-state index is -1.98. The van der Waals surface area contributed by atoms with Crippen LogP contribution in [0.4, 0.5) is 0 Å². The Kier molecular flexibility index (Phi) is 4.41. The van der Waals surface area contributed by atoms with E-state index in [0.29, 0.717) is 0 Å². The second-order valence-corrected chi connectivity index (χ2v) is 3.43. The van der Waals surface area contributed by atoms with Crippen molar-refractivity contribution in [2.75, 3.05) is 0 Å². The Morgan fingerprint density at radius 3 is 1.70 bits per heavy atom. The molecule has 0 bridgehead atoms. The monoisotopic (exact) mass is 162 g/mol. The highest BCUT2D eigenvalue weighted by Crippen LogP contribution is 2.34. The largest absolute Gasteiger partial charge is 0.360 e. The summed E-state index contributed by atoms with van der Waals surface area (Å²) in [7, 11) is -1.98. The summed E-state index contributed by atoms with van der Waals surface area (Å²) in [5, 5.41) is 0. The van der Waals surface area contributed by atoms with Crippen LogP contribution in [-0.2, 0) is 9.59 Å². The van der Waals surface area contributed by atoms with Crippen molar-refractivity contribution in [3.05, 3.63) is 0 Å². The second-order valence-electron chi connectivity index (χ2n) is 1.81. The van der Waals surface area contributed by atoms with E-state index in [1.54, 1.807) is 13.8 Å². The van der Waals surface area contributed by atoms with Crippen molar-refractivity contribution in [2.45, 2.75) is 26.7 Å². The minimum absolute atomic E-state index is 0.244. The highest BCUT2D eigenvalue weighted by atomic mass is 31.1. The number of hydrogen-bond acceptors (Lipinski definition) is 3. The fourth-order valence-electron chi connectivity index (χ4n) is 0.439. The zero-order valence-corrected chi connectivity index (χ0v) is 7.02. The SMILES string of the molecule is CCC(=O)P(O)C(=O)CC. The average Bonchev–Trinajstić information content (AvgIpc) is 2.00. The quantitative estimate of drug-likeness (QED) is 0.633. The lowest BCUT2D eigenvalue weighted by Gasteiger charge is -2.02. The van der Waals surface area contributed by atoms with E-state index in [1.807, 2.05) is 0 Å². The highest BCUT2D eigenvalue weighted by molar-refractivity contribution is 7.84. The predicted octanol–water partition coefficient (Wildman–Crippen LogP) is 1.25. The van der Waals surface area contributed by atoms with E-state index in [1.165, 1.54) is 0 Å². The number of hydrogen-bond donors (Lipinski definition) is 1. The van der Waals surface area contributed by atoms with Crippen LogP contribution < -0.4 is 0 Å². The Hall–Kier alpha value is -0.270. The van der Waals surface area contributed by atoms with Crippen molar-refractivity contribution >= 4 is 19.2 Å². The van der Waals surface area contributed by atoms with Gasteiger partial charge in [-0.1, -0.05) is 13.8 Å². The van der Waals surface area contributed by atoms with Crippen LogP contribution in [-0.4, -0.2) is 15.9 Å². The molecule has 0 aromatic heterocycles. The van der Waals surface area contributed by atoms with Crippen molar-refractivity contribution in [2.24, 2.45) is 0 Å². The van der Waals surface area contributed by atoms with Gasteiger partial charge in [-0.3, -0.25) is 9.59 Å². The third-order valence-electron chi connectivity index (χ3n) is 1.08. The van der Waals surface area contributed by atoms with Gasteiger partial charge in [-0.25, -0.2) is 0 Å². The van der Waals surface area contributed by atoms with Crippen LogP contribution in [0.2, 0.25) is 0 Å². The summed E-state index contributed by atoms with van der Waals surface area (Å²) in [5.41, 5.74) is -0.663. The first-order valence-electron chi connectivity index (χ1n) is 3.18. The van der Waals surface area contributed by atoms with Crippen molar-refractivity contribution in [1.29, 1.82) is 0 Å². The zero-order valence-electron chi connectivity index (χ0n) is 6.13. The molecular weight excluding hydrogens is 151 g/mol. The summed E-state index contributed by atoms with van der Waals surface area (Å²) in [6, 6.07) is 0. The van der Waals surface area contributed by atoms with E-state index in [-0.39, 0.29) is 23.9 Å². The van der Waals surface area contributed by atoms with Gasteiger partial charge in [0, 0.05) is 12.8 Å². The van der Waals surface area contributed by atoms with Gasteiger partial charge >= 0.3 is 0 Å². The van der Waals surface area contributed by atoms with Gasteiger partial charge in [0.2, 0.25) is 0 Å². The van der Waals surface area contributed by atoms with Crippen molar-refractivity contribution in [3.63, 3.8) is 0 Å². The summed E-state index contributed by atoms with van der Waals surface area (Å²) in [4.78, 5) is 30.3. The topological polar surface area (TPSA) is 54.4 Å². The van der Waals surface area contributed by atoms with Crippen LogP contribution >= 0.6 is 8.15 Å². The fraction of sp³-hybridized carbons (Fsp3) is 0.667. The first kappa shape index (κ1) is 9.73. The maximum Gasteiger partial charge on any atom is 0.188 e. The van der Waals surface area contributed by atoms with E-state index >= 15 is 0 Å². The molecule has 0 saturated carbocycles. The predicted molar refractivity (Wildman–Crippen MR) is 39.7 cm³/mol. The maximum absolute atomic E-state index is 10.7. The lowest BCUT2D eigenvalue weighted by atomic mass is 10.5. The summed E-state index contributed by atoms with van der Waals surface area (Å²) < 4.78 is 0. The van der Waals surface area contributed by atoms with Gasteiger partial charge in [0.25, 0.3) is 0 Å². The molecule has 0 aliphatic carbocycles. The molecule has 0 amide bonds. The molecule has 0 rings (SSSR count). The second kappa shape index (κ2) is 4.53. The molecule has 0 aliphatic rings. The summed E-state index contributed by atoms with van der Waals surface area (Å²) >= 11 is 0. The molecule has 0 aliphatic heterocycles. The molecule has 0 saturated heterocycles. The van der Waals surface area contributed by atoms with E-state index in [2.05, 4.69) is 0 Å². The van der Waals surface area contributed by atoms with Crippen LogP contribution in [0.25, 0.3) is 0 Å². The number of carbonyl (C=O) groups excluding carboxylic acids is 2. The van der Waals surface area contributed by atoms with Gasteiger partial charge in [0.05, 0.1) is 0 Å². The van der Waals surface area contributed by atoms with Gasteiger partial charge < -0.3 is 4.89 Å². The normalized spacial score (nSPS) is 10.0. The van der Waals surface area contributed by atoms with Crippen LogP contribution in [0.1, 0.15) is 26.7 Å². The molecule has 1 N–H and O–H groups in total. The molecule has 0 aromatic carbocycles. The van der Waals surface area contributed by atoms with E-state index in [4.69, 9.17) is 4.89 Å². The Bertz CT molecular complexity index is 128. The van der Waals surface area contributed by atoms with Crippen LogP contribution in [0, 0.1) is 0 Å². The smallest absolute Gasteiger partial charge is 0.188 e. The Morgan fingerprint density at radius 1 is 1.20 bits per heavy atom. The first-order chi connectivity index (χ1) is 4.63. The molecule has 0 atom stereocenters. The molecule has 58 valence electrons. The maximum atomic E-state index is 10.7. The standard InChI is InChI=1S/C6H11O3P/c1-3-5(7)10(9)6(8)4-2/h9H,3-4H2,1-2H3. The fourth-order valence-corrected chi connectivity index (χ4v) is 1.32. The Balaban J connectivity index is 3.94. The van der Waals surface area contributed by atoms with Gasteiger partial charge in [0.15, 0.2) is 19.2 Å². The van der Waals surface area contributed by atoms with Crippen LogP contribution in [0.15, 0.2) is 0 Å². The third kappa shape index (κ3) is 2.54. The molecule has 3 nitrogen and oxygen atoms in total. The molecule has 0 fully saturated rings. The van der Waals surface area contributed by atoms with Crippen molar-refractivity contribution < 1.29 is 14.5 Å². The Labute approximate surface area is 61.3 Å². The lowest BCUT2D eigenvalue weighted by molar-refractivity contribution is -0.114. The molecule has 10 heavy (non-hydrogen) atoms. The highest BCUT2D eigenvalue weighted by Gasteiger charge is 2.19. The minimum Gasteiger partial charge on any atom is -0.360 e. The molecular formula is C6H11O3P. The molecule has 0 radical (unpaired) electrons. The summed E-state index contributed by atoms with van der Waals surface area (Å²) in [6.07, 6.45) is 0.488. The van der Waals surface area contributed by atoms with Gasteiger partial charge in [-0.2, -0.15) is 0 Å².